The number of likely N-dealkylation sites (tertiary alicyclic amines) is 1. The molecule has 4 heteroatoms. The van der Waals surface area contributed by atoms with Crippen LogP contribution in [0.5, 0.6) is 0 Å². The van der Waals surface area contributed by atoms with Crippen molar-refractivity contribution in [2.75, 3.05) is 26.2 Å². The molecule has 0 aromatic carbocycles. The molecule has 1 fully saturated rings. The second kappa shape index (κ2) is 8.54. The van der Waals surface area contributed by atoms with Crippen molar-refractivity contribution in [1.82, 2.24) is 10.2 Å². The Labute approximate surface area is 117 Å². The maximum absolute atomic E-state index is 11.7. The molecule has 1 aliphatic rings. The first-order valence-electron chi connectivity index (χ1n) is 7.60. The van der Waals surface area contributed by atoms with Gasteiger partial charge in [0, 0.05) is 12.6 Å². The van der Waals surface area contributed by atoms with Crippen molar-refractivity contribution in [3.05, 3.63) is 0 Å². The van der Waals surface area contributed by atoms with Crippen LogP contribution in [0.15, 0.2) is 0 Å². The minimum absolute atomic E-state index is 0.150. The molecule has 1 amide bonds. The van der Waals surface area contributed by atoms with E-state index in [1.54, 1.807) is 0 Å². The molecule has 0 aliphatic carbocycles. The quantitative estimate of drug-likeness (QED) is 0.770. The summed E-state index contributed by atoms with van der Waals surface area (Å²) in [4.78, 5) is 13.9. The molecule has 112 valence electrons. The average Bonchev–Trinajstić information content (AvgIpc) is 2.29. The molecule has 1 N–H and O–H groups in total. The summed E-state index contributed by atoms with van der Waals surface area (Å²) in [5, 5.41) is 2.95. The third kappa shape index (κ3) is 7.53. The van der Waals surface area contributed by atoms with E-state index < -0.39 is 0 Å². The molecule has 4 nitrogen and oxygen atoms in total. The van der Waals surface area contributed by atoms with Gasteiger partial charge in [-0.2, -0.15) is 0 Å². The van der Waals surface area contributed by atoms with Gasteiger partial charge in [-0.25, -0.2) is 0 Å². The molecule has 0 atom stereocenters. The fourth-order valence-corrected chi connectivity index (χ4v) is 2.47. The highest BCUT2D eigenvalue weighted by Crippen LogP contribution is 2.20. The van der Waals surface area contributed by atoms with Gasteiger partial charge in [0.25, 0.3) is 0 Å². The van der Waals surface area contributed by atoms with E-state index >= 15 is 0 Å². The summed E-state index contributed by atoms with van der Waals surface area (Å²) in [5.74, 6) is 0.916. The predicted molar refractivity (Wildman–Crippen MR) is 78.1 cm³/mol. The molecule has 1 heterocycles. The fraction of sp³-hybridized carbons (Fsp3) is 0.933. The largest absolute Gasteiger partial charge is 0.379 e. The number of ether oxygens (including phenoxy) is 1. The summed E-state index contributed by atoms with van der Waals surface area (Å²) in [6.45, 7) is 11.7. The Balaban J connectivity index is 2.13. The van der Waals surface area contributed by atoms with E-state index in [0.717, 1.165) is 32.0 Å². The number of amides is 1. The SMILES string of the molecule is CC(C)NC(=O)CN1CCC(CCOC(C)C)CC1. The zero-order valence-electron chi connectivity index (χ0n) is 12.9. The number of hydrogen-bond donors (Lipinski definition) is 1. The highest BCUT2D eigenvalue weighted by Gasteiger charge is 2.20. The lowest BCUT2D eigenvalue weighted by molar-refractivity contribution is -0.123. The smallest absolute Gasteiger partial charge is 0.234 e. The first kappa shape index (κ1) is 16.4. The first-order valence-corrected chi connectivity index (χ1v) is 7.60. The van der Waals surface area contributed by atoms with Crippen molar-refractivity contribution >= 4 is 5.91 Å². The van der Waals surface area contributed by atoms with Crippen molar-refractivity contribution in [2.24, 2.45) is 5.92 Å². The number of nitrogens with zero attached hydrogens (tertiary/aromatic N) is 1. The lowest BCUT2D eigenvalue weighted by Gasteiger charge is -2.31. The first-order chi connectivity index (χ1) is 8.97. The molecule has 0 radical (unpaired) electrons. The average molecular weight is 270 g/mol. The van der Waals surface area contributed by atoms with E-state index in [2.05, 4.69) is 24.1 Å². The van der Waals surface area contributed by atoms with Crippen molar-refractivity contribution in [1.29, 1.82) is 0 Å². The van der Waals surface area contributed by atoms with Crippen LogP contribution in [0.1, 0.15) is 47.0 Å². The molecule has 19 heavy (non-hydrogen) atoms. The Morgan fingerprint density at radius 3 is 2.42 bits per heavy atom. The van der Waals surface area contributed by atoms with Crippen LogP contribution < -0.4 is 5.32 Å². The zero-order chi connectivity index (χ0) is 14.3. The summed E-state index contributed by atoms with van der Waals surface area (Å²) in [7, 11) is 0. The fourth-order valence-electron chi connectivity index (χ4n) is 2.47. The standard InChI is InChI=1S/C15H30N2O2/c1-12(2)16-15(18)11-17-8-5-14(6-9-17)7-10-19-13(3)4/h12-14H,5-11H2,1-4H3,(H,16,18). The van der Waals surface area contributed by atoms with Gasteiger partial charge in [0.15, 0.2) is 0 Å². The number of rotatable bonds is 7. The van der Waals surface area contributed by atoms with Gasteiger partial charge in [0.05, 0.1) is 12.6 Å². The van der Waals surface area contributed by atoms with Gasteiger partial charge in [-0.05, 0) is 66.0 Å². The van der Waals surface area contributed by atoms with Crippen molar-refractivity contribution in [3.8, 4) is 0 Å². The number of nitrogens with one attached hydrogen (secondary N) is 1. The summed E-state index contributed by atoms with van der Waals surface area (Å²) < 4.78 is 5.60. The highest BCUT2D eigenvalue weighted by atomic mass is 16.5. The van der Waals surface area contributed by atoms with Crippen LogP contribution in [-0.4, -0.2) is 49.2 Å². The second-order valence-corrected chi connectivity index (χ2v) is 6.15. The van der Waals surface area contributed by atoms with E-state index in [9.17, 15) is 4.79 Å². The van der Waals surface area contributed by atoms with Crippen molar-refractivity contribution in [3.63, 3.8) is 0 Å². The van der Waals surface area contributed by atoms with E-state index in [1.807, 2.05) is 13.8 Å². The van der Waals surface area contributed by atoms with Gasteiger partial charge in [-0.3, -0.25) is 9.69 Å². The van der Waals surface area contributed by atoms with Crippen LogP contribution >= 0.6 is 0 Å². The van der Waals surface area contributed by atoms with Crippen LogP contribution in [0.4, 0.5) is 0 Å². The van der Waals surface area contributed by atoms with Crippen LogP contribution in [0.25, 0.3) is 0 Å². The van der Waals surface area contributed by atoms with Crippen LogP contribution in [0, 0.1) is 5.92 Å². The molecule has 0 bridgehead atoms. The Kier molecular flexibility index (Phi) is 7.39. The Morgan fingerprint density at radius 2 is 1.89 bits per heavy atom. The van der Waals surface area contributed by atoms with Crippen LogP contribution in [0.2, 0.25) is 0 Å². The maximum atomic E-state index is 11.7. The summed E-state index contributed by atoms with van der Waals surface area (Å²) in [5.41, 5.74) is 0. The molecule has 0 aromatic heterocycles. The van der Waals surface area contributed by atoms with Gasteiger partial charge >= 0.3 is 0 Å². The molecule has 0 aromatic rings. The third-order valence-electron chi connectivity index (χ3n) is 3.50. The van der Waals surface area contributed by atoms with Gasteiger partial charge in [0.1, 0.15) is 0 Å². The molecule has 0 unspecified atom stereocenters. The molecule has 1 aliphatic heterocycles. The molecular weight excluding hydrogens is 240 g/mol. The second-order valence-electron chi connectivity index (χ2n) is 6.15. The van der Waals surface area contributed by atoms with Crippen molar-refractivity contribution in [2.45, 2.75) is 59.1 Å². The number of carbonyl (C=O) groups is 1. The molecule has 0 spiro atoms. The van der Waals surface area contributed by atoms with Gasteiger partial charge in [0.2, 0.25) is 5.91 Å². The van der Waals surface area contributed by atoms with Gasteiger partial charge in [-0.1, -0.05) is 0 Å². The minimum Gasteiger partial charge on any atom is -0.379 e. The third-order valence-corrected chi connectivity index (χ3v) is 3.50. The number of hydrogen-bond acceptors (Lipinski definition) is 3. The van der Waals surface area contributed by atoms with Gasteiger partial charge in [-0.15, -0.1) is 0 Å². The zero-order valence-corrected chi connectivity index (χ0v) is 12.9. The summed E-state index contributed by atoms with van der Waals surface area (Å²) >= 11 is 0. The van der Waals surface area contributed by atoms with Crippen LogP contribution in [-0.2, 0) is 9.53 Å². The lowest BCUT2D eigenvalue weighted by Crippen LogP contribution is -2.43. The lowest BCUT2D eigenvalue weighted by atomic mass is 9.94. The minimum atomic E-state index is 0.150. The normalized spacial score (nSPS) is 18.2. The van der Waals surface area contributed by atoms with E-state index in [-0.39, 0.29) is 11.9 Å². The molecule has 0 saturated carbocycles. The van der Waals surface area contributed by atoms with Crippen LogP contribution in [0.3, 0.4) is 0 Å². The monoisotopic (exact) mass is 270 g/mol. The van der Waals surface area contributed by atoms with E-state index in [0.29, 0.717) is 12.6 Å². The Bertz CT molecular complexity index is 259. The predicted octanol–water partition coefficient (Wildman–Crippen LogP) is 2.04. The number of carbonyl (C=O) groups excluding carboxylic acids is 1. The molecule has 1 saturated heterocycles. The number of piperidine rings is 1. The Hall–Kier alpha value is -0.610. The maximum Gasteiger partial charge on any atom is 0.234 e. The summed E-state index contributed by atoms with van der Waals surface area (Å²) in [6, 6.07) is 0.234. The van der Waals surface area contributed by atoms with E-state index in [4.69, 9.17) is 4.74 Å². The molecule has 1 rings (SSSR count). The summed E-state index contributed by atoms with van der Waals surface area (Å²) in [6.07, 6.45) is 3.87. The van der Waals surface area contributed by atoms with Crippen molar-refractivity contribution < 1.29 is 9.53 Å². The molecular formula is C15H30N2O2. The highest BCUT2D eigenvalue weighted by molar-refractivity contribution is 5.78. The van der Waals surface area contributed by atoms with E-state index in [1.165, 1.54) is 12.8 Å². The Morgan fingerprint density at radius 1 is 1.26 bits per heavy atom. The topological polar surface area (TPSA) is 41.6 Å². The van der Waals surface area contributed by atoms with Gasteiger partial charge < -0.3 is 10.1 Å².